The first-order valence-corrected chi connectivity index (χ1v) is 10.0. The SMILES string of the molecule is O=C(CS)NCC1CCN(S(=O)(=O)c2ccc(Br)c(F)c2)CC1. The zero-order valence-electron chi connectivity index (χ0n) is 12.3. The molecule has 1 aromatic rings. The number of halogens is 2. The van der Waals surface area contributed by atoms with Crippen LogP contribution in [0.2, 0.25) is 0 Å². The maximum absolute atomic E-state index is 13.6. The van der Waals surface area contributed by atoms with Crippen molar-refractivity contribution in [1.82, 2.24) is 9.62 Å². The van der Waals surface area contributed by atoms with E-state index in [1.54, 1.807) is 0 Å². The van der Waals surface area contributed by atoms with Crippen molar-refractivity contribution in [3.8, 4) is 0 Å². The topological polar surface area (TPSA) is 66.5 Å². The van der Waals surface area contributed by atoms with Crippen LogP contribution < -0.4 is 5.32 Å². The van der Waals surface area contributed by atoms with E-state index in [0.29, 0.717) is 32.5 Å². The summed E-state index contributed by atoms with van der Waals surface area (Å²) < 4.78 is 40.2. The van der Waals surface area contributed by atoms with Gasteiger partial charge in [0.05, 0.1) is 15.1 Å². The van der Waals surface area contributed by atoms with E-state index < -0.39 is 15.8 Å². The molecule has 0 radical (unpaired) electrons. The van der Waals surface area contributed by atoms with Crippen LogP contribution in [0.3, 0.4) is 0 Å². The van der Waals surface area contributed by atoms with Gasteiger partial charge in [-0.2, -0.15) is 16.9 Å². The first-order valence-electron chi connectivity index (χ1n) is 7.17. The summed E-state index contributed by atoms with van der Waals surface area (Å²) in [6.07, 6.45) is 1.32. The van der Waals surface area contributed by atoms with Crippen molar-refractivity contribution in [2.75, 3.05) is 25.4 Å². The maximum Gasteiger partial charge on any atom is 0.243 e. The Balaban J connectivity index is 1.98. The van der Waals surface area contributed by atoms with Gasteiger partial charge >= 0.3 is 0 Å². The van der Waals surface area contributed by atoms with Crippen molar-refractivity contribution < 1.29 is 17.6 Å². The lowest BCUT2D eigenvalue weighted by Crippen LogP contribution is -2.41. The van der Waals surface area contributed by atoms with Crippen molar-refractivity contribution >= 4 is 44.5 Å². The number of piperidine rings is 1. The van der Waals surface area contributed by atoms with Crippen LogP contribution in [0.5, 0.6) is 0 Å². The van der Waals surface area contributed by atoms with Crippen molar-refractivity contribution in [3.05, 3.63) is 28.5 Å². The van der Waals surface area contributed by atoms with Gasteiger partial charge in [-0.25, -0.2) is 12.8 Å². The summed E-state index contributed by atoms with van der Waals surface area (Å²) in [5.74, 6) is -0.349. The molecule has 1 heterocycles. The van der Waals surface area contributed by atoms with E-state index in [-0.39, 0.29) is 26.9 Å². The molecule has 1 aromatic carbocycles. The minimum absolute atomic E-state index is 0.0416. The van der Waals surface area contributed by atoms with E-state index in [1.165, 1.54) is 16.4 Å². The molecule has 1 fully saturated rings. The van der Waals surface area contributed by atoms with Crippen LogP contribution in [0.1, 0.15) is 12.8 Å². The number of hydrogen-bond donors (Lipinski definition) is 2. The van der Waals surface area contributed by atoms with Gasteiger partial charge in [0.15, 0.2) is 0 Å². The molecule has 2 rings (SSSR count). The number of nitrogens with one attached hydrogen (secondary N) is 1. The third kappa shape index (κ3) is 4.68. The lowest BCUT2D eigenvalue weighted by molar-refractivity contribution is -0.118. The average Bonchev–Trinajstić information content (AvgIpc) is 2.55. The predicted octanol–water partition coefficient (Wildman–Crippen LogP) is 2.03. The van der Waals surface area contributed by atoms with E-state index in [4.69, 9.17) is 0 Å². The van der Waals surface area contributed by atoms with Crippen LogP contribution in [0.4, 0.5) is 4.39 Å². The Kier molecular flexibility index (Phi) is 6.47. The van der Waals surface area contributed by atoms with E-state index in [9.17, 15) is 17.6 Å². The third-order valence-corrected chi connectivity index (χ3v) is 6.66. The molecule has 0 atom stereocenters. The molecule has 9 heteroatoms. The molecule has 0 bridgehead atoms. The molecule has 1 aliphatic heterocycles. The number of rotatable bonds is 5. The molecule has 0 aliphatic carbocycles. The standard InChI is InChI=1S/C14H18BrFN2O3S2/c15-12-2-1-11(7-13(12)16)23(20,21)18-5-3-10(4-6-18)8-17-14(19)9-22/h1-2,7,10,22H,3-6,8-9H2,(H,17,19). The highest BCUT2D eigenvalue weighted by molar-refractivity contribution is 9.10. The van der Waals surface area contributed by atoms with Gasteiger partial charge in [-0.15, -0.1) is 0 Å². The molecule has 1 N–H and O–H groups in total. The molecule has 0 saturated carbocycles. The average molecular weight is 425 g/mol. The zero-order valence-corrected chi connectivity index (χ0v) is 15.6. The zero-order chi connectivity index (χ0) is 17.0. The second-order valence-electron chi connectivity index (χ2n) is 5.39. The van der Waals surface area contributed by atoms with Crippen molar-refractivity contribution in [2.24, 2.45) is 5.92 Å². The largest absolute Gasteiger partial charge is 0.355 e. The van der Waals surface area contributed by atoms with Crippen LogP contribution in [0.25, 0.3) is 0 Å². The number of benzene rings is 1. The van der Waals surface area contributed by atoms with E-state index in [2.05, 4.69) is 33.9 Å². The van der Waals surface area contributed by atoms with Gasteiger partial charge in [-0.3, -0.25) is 4.79 Å². The highest BCUT2D eigenvalue weighted by Gasteiger charge is 2.29. The monoisotopic (exact) mass is 424 g/mol. The number of sulfonamides is 1. The van der Waals surface area contributed by atoms with Crippen molar-refractivity contribution in [1.29, 1.82) is 0 Å². The molecule has 1 amide bonds. The second-order valence-corrected chi connectivity index (χ2v) is 8.49. The minimum Gasteiger partial charge on any atom is -0.355 e. The van der Waals surface area contributed by atoms with E-state index in [1.807, 2.05) is 0 Å². The number of carbonyl (C=O) groups is 1. The van der Waals surface area contributed by atoms with Gasteiger partial charge < -0.3 is 5.32 Å². The Bertz CT molecular complexity index is 677. The lowest BCUT2D eigenvalue weighted by atomic mass is 9.98. The summed E-state index contributed by atoms with van der Waals surface area (Å²) in [6, 6.07) is 3.81. The van der Waals surface area contributed by atoms with Gasteiger partial charge in [0.1, 0.15) is 5.82 Å². The van der Waals surface area contributed by atoms with Crippen LogP contribution in [0, 0.1) is 11.7 Å². The first kappa shape index (κ1) is 18.7. The fourth-order valence-electron chi connectivity index (χ4n) is 2.45. The van der Waals surface area contributed by atoms with Crippen LogP contribution in [-0.4, -0.2) is 44.0 Å². The summed E-state index contributed by atoms with van der Waals surface area (Å²) in [6.45, 7) is 1.25. The highest BCUT2D eigenvalue weighted by Crippen LogP contribution is 2.26. The summed E-state index contributed by atoms with van der Waals surface area (Å²) >= 11 is 6.90. The number of hydrogen-bond acceptors (Lipinski definition) is 4. The Morgan fingerprint density at radius 1 is 1.39 bits per heavy atom. The van der Waals surface area contributed by atoms with Crippen molar-refractivity contribution in [3.63, 3.8) is 0 Å². The van der Waals surface area contributed by atoms with Gasteiger partial charge in [-0.1, -0.05) is 0 Å². The number of amides is 1. The summed E-state index contributed by atoms with van der Waals surface area (Å²) in [7, 11) is -3.69. The Morgan fingerprint density at radius 2 is 2.04 bits per heavy atom. The predicted molar refractivity (Wildman–Crippen MR) is 92.4 cm³/mol. The Morgan fingerprint density at radius 3 is 2.61 bits per heavy atom. The summed E-state index contributed by atoms with van der Waals surface area (Å²) in [5, 5.41) is 2.76. The molecule has 5 nitrogen and oxygen atoms in total. The summed E-state index contributed by atoms with van der Waals surface area (Å²) in [5.41, 5.74) is 0. The Labute approximate surface area is 149 Å². The molecule has 0 aromatic heterocycles. The summed E-state index contributed by atoms with van der Waals surface area (Å²) in [4.78, 5) is 11.1. The fourth-order valence-corrected chi connectivity index (χ4v) is 4.29. The van der Waals surface area contributed by atoms with E-state index >= 15 is 0 Å². The van der Waals surface area contributed by atoms with Gasteiger partial charge in [0.25, 0.3) is 0 Å². The number of nitrogens with zero attached hydrogens (tertiary/aromatic N) is 1. The molecule has 0 spiro atoms. The maximum atomic E-state index is 13.6. The Hall–Kier alpha value is -0.640. The van der Waals surface area contributed by atoms with Crippen LogP contribution in [0.15, 0.2) is 27.6 Å². The first-order chi connectivity index (χ1) is 10.8. The molecular formula is C14H18BrFN2O3S2. The third-order valence-electron chi connectivity index (χ3n) is 3.83. The fraction of sp³-hybridized carbons (Fsp3) is 0.500. The van der Waals surface area contributed by atoms with E-state index in [0.717, 1.165) is 6.07 Å². The second kappa shape index (κ2) is 7.96. The van der Waals surface area contributed by atoms with Crippen molar-refractivity contribution in [2.45, 2.75) is 17.7 Å². The normalized spacial score (nSPS) is 17.2. The minimum atomic E-state index is -3.69. The number of thiol groups is 1. The molecule has 1 saturated heterocycles. The molecular weight excluding hydrogens is 407 g/mol. The van der Waals surface area contributed by atoms with Crippen LogP contribution >= 0.6 is 28.6 Å². The molecule has 0 unspecified atom stereocenters. The van der Waals surface area contributed by atoms with Gasteiger partial charge in [0.2, 0.25) is 15.9 Å². The van der Waals surface area contributed by atoms with Crippen LogP contribution in [-0.2, 0) is 14.8 Å². The number of carbonyl (C=O) groups excluding carboxylic acids is 1. The van der Waals surface area contributed by atoms with Gasteiger partial charge in [0, 0.05) is 19.6 Å². The molecule has 1 aliphatic rings. The highest BCUT2D eigenvalue weighted by atomic mass is 79.9. The smallest absolute Gasteiger partial charge is 0.243 e. The molecule has 128 valence electrons. The molecule has 23 heavy (non-hydrogen) atoms. The lowest BCUT2D eigenvalue weighted by Gasteiger charge is -2.31. The quantitative estimate of drug-likeness (QED) is 0.710. The van der Waals surface area contributed by atoms with Gasteiger partial charge in [-0.05, 0) is 52.9 Å².